The Kier molecular flexibility index (Phi) is 6.65. The standard InChI is InChI=1S/C19H23N3O8/c1-10(20-18(24)30-19(3,4)5)12-7-8-14(15(22(25)26)16(12)27-6)29-17(23)13-9-28-11(2)21-13/h7-10H,1-6H3,(H,20,24)/t10-/m0/s1. The van der Waals surface area contributed by atoms with Crippen LogP contribution in [0.3, 0.4) is 0 Å². The van der Waals surface area contributed by atoms with Crippen molar-refractivity contribution in [2.24, 2.45) is 0 Å². The largest absolute Gasteiger partial charge is 0.490 e. The molecule has 0 saturated carbocycles. The molecule has 0 saturated heterocycles. The van der Waals surface area contributed by atoms with Crippen LogP contribution in [0, 0.1) is 17.0 Å². The number of rotatable bonds is 6. The van der Waals surface area contributed by atoms with E-state index in [0.29, 0.717) is 5.56 Å². The molecule has 0 bridgehead atoms. The molecule has 1 aromatic carbocycles. The number of nitro benzene ring substituents is 1. The molecule has 1 heterocycles. The molecule has 162 valence electrons. The Hall–Kier alpha value is -3.63. The first-order valence-electron chi connectivity index (χ1n) is 8.92. The van der Waals surface area contributed by atoms with Crippen molar-refractivity contribution in [2.75, 3.05) is 7.11 Å². The number of methoxy groups -OCH3 is 1. The number of hydrogen-bond donors (Lipinski definition) is 1. The molecule has 0 fully saturated rings. The summed E-state index contributed by atoms with van der Waals surface area (Å²) in [5.74, 6) is -1.18. The van der Waals surface area contributed by atoms with E-state index in [-0.39, 0.29) is 23.1 Å². The van der Waals surface area contributed by atoms with E-state index in [1.54, 1.807) is 27.7 Å². The van der Waals surface area contributed by atoms with Crippen LogP contribution in [0.4, 0.5) is 10.5 Å². The van der Waals surface area contributed by atoms with E-state index in [0.717, 1.165) is 6.26 Å². The monoisotopic (exact) mass is 421 g/mol. The fourth-order valence-electron chi connectivity index (χ4n) is 2.55. The number of nitrogens with one attached hydrogen (secondary N) is 1. The van der Waals surface area contributed by atoms with Crippen molar-refractivity contribution < 1.29 is 33.1 Å². The third-order valence-electron chi connectivity index (χ3n) is 3.74. The van der Waals surface area contributed by atoms with Crippen molar-refractivity contribution in [3.8, 4) is 11.5 Å². The van der Waals surface area contributed by atoms with Gasteiger partial charge in [-0.2, -0.15) is 0 Å². The second-order valence-electron chi connectivity index (χ2n) is 7.30. The van der Waals surface area contributed by atoms with Gasteiger partial charge in [0.05, 0.1) is 18.1 Å². The normalized spacial score (nSPS) is 12.1. The van der Waals surface area contributed by atoms with Crippen LogP contribution in [0.5, 0.6) is 11.5 Å². The smallest absolute Gasteiger partial charge is 0.408 e. The highest BCUT2D eigenvalue weighted by Crippen LogP contribution is 2.42. The molecule has 2 aromatic rings. The number of carbonyl (C=O) groups excluding carboxylic acids is 2. The average molecular weight is 421 g/mol. The highest BCUT2D eigenvalue weighted by molar-refractivity contribution is 5.89. The Bertz CT molecular complexity index is 961. The van der Waals surface area contributed by atoms with Gasteiger partial charge in [0.1, 0.15) is 11.9 Å². The third kappa shape index (κ3) is 5.46. The molecule has 11 heteroatoms. The van der Waals surface area contributed by atoms with E-state index in [1.165, 1.54) is 26.2 Å². The number of amides is 1. The zero-order chi connectivity index (χ0) is 22.6. The molecule has 2 rings (SSSR count). The quantitative estimate of drug-likeness (QED) is 0.319. The zero-order valence-electron chi connectivity index (χ0n) is 17.5. The Morgan fingerprint density at radius 3 is 2.47 bits per heavy atom. The molecule has 0 spiro atoms. The summed E-state index contributed by atoms with van der Waals surface area (Å²) >= 11 is 0. The third-order valence-corrected chi connectivity index (χ3v) is 3.74. The Morgan fingerprint density at radius 1 is 1.30 bits per heavy atom. The van der Waals surface area contributed by atoms with E-state index in [2.05, 4.69) is 10.3 Å². The number of aryl methyl sites for hydroxylation is 1. The Labute approximate surface area is 172 Å². The highest BCUT2D eigenvalue weighted by Gasteiger charge is 2.30. The number of nitrogens with zero attached hydrogens (tertiary/aromatic N) is 2. The summed E-state index contributed by atoms with van der Waals surface area (Å²) in [6, 6.07) is 2.00. The predicted molar refractivity (Wildman–Crippen MR) is 104 cm³/mol. The molecule has 1 N–H and O–H groups in total. The number of carbonyl (C=O) groups is 2. The SMILES string of the molecule is COc1c([C@H](C)NC(=O)OC(C)(C)C)ccc(OC(=O)c2coc(C)n2)c1[N+](=O)[O-]. The second kappa shape index (κ2) is 8.80. The van der Waals surface area contributed by atoms with E-state index in [4.69, 9.17) is 18.6 Å². The Morgan fingerprint density at radius 2 is 1.97 bits per heavy atom. The van der Waals surface area contributed by atoms with Gasteiger partial charge in [0.15, 0.2) is 11.6 Å². The maximum absolute atomic E-state index is 12.2. The van der Waals surface area contributed by atoms with Gasteiger partial charge in [-0.15, -0.1) is 0 Å². The molecule has 0 aliphatic carbocycles. The van der Waals surface area contributed by atoms with Crippen LogP contribution >= 0.6 is 0 Å². The molecule has 1 aromatic heterocycles. The first-order chi connectivity index (χ1) is 13.9. The number of alkyl carbamates (subject to hydrolysis) is 1. The minimum absolute atomic E-state index is 0.134. The summed E-state index contributed by atoms with van der Waals surface area (Å²) in [6.07, 6.45) is 0.388. The lowest BCUT2D eigenvalue weighted by Gasteiger charge is -2.23. The van der Waals surface area contributed by atoms with Gasteiger partial charge in [-0.05, 0) is 39.8 Å². The number of aromatic nitrogens is 1. The van der Waals surface area contributed by atoms with E-state index < -0.39 is 34.3 Å². The summed E-state index contributed by atoms with van der Waals surface area (Å²) in [5, 5.41) is 14.3. The van der Waals surface area contributed by atoms with Crippen LogP contribution in [0.15, 0.2) is 22.8 Å². The molecule has 0 unspecified atom stereocenters. The first kappa shape index (κ1) is 22.7. The maximum Gasteiger partial charge on any atom is 0.408 e. The summed E-state index contributed by atoms with van der Waals surface area (Å²) in [4.78, 5) is 39.0. The Balaban J connectivity index is 2.36. The van der Waals surface area contributed by atoms with Gasteiger partial charge in [-0.25, -0.2) is 14.6 Å². The number of esters is 1. The maximum atomic E-state index is 12.2. The summed E-state index contributed by atoms with van der Waals surface area (Å²) in [6.45, 7) is 8.28. The molecule has 1 atom stereocenters. The van der Waals surface area contributed by atoms with Gasteiger partial charge in [-0.1, -0.05) is 0 Å². The van der Waals surface area contributed by atoms with Crippen molar-refractivity contribution in [2.45, 2.75) is 46.3 Å². The predicted octanol–water partition coefficient (Wildman–Crippen LogP) is 3.70. The number of nitro groups is 1. The van der Waals surface area contributed by atoms with Crippen LogP contribution < -0.4 is 14.8 Å². The molecular formula is C19H23N3O8. The van der Waals surface area contributed by atoms with Crippen molar-refractivity contribution in [3.05, 3.63) is 45.7 Å². The van der Waals surface area contributed by atoms with E-state index in [9.17, 15) is 19.7 Å². The van der Waals surface area contributed by atoms with Crippen molar-refractivity contribution in [1.29, 1.82) is 0 Å². The van der Waals surface area contributed by atoms with Crippen molar-refractivity contribution in [3.63, 3.8) is 0 Å². The number of benzene rings is 1. The number of oxazole rings is 1. The molecule has 0 aliphatic rings. The van der Waals surface area contributed by atoms with Crippen LogP contribution in [0.2, 0.25) is 0 Å². The minimum atomic E-state index is -0.926. The summed E-state index contributed by atoms with van der Waals surface area (Å²) in [5.41, 5.74) is -1.12. The minimum Gasteiger partial charge on any atom is -0.490 e. The molecule has 11 nitrogen and oxygen atoms in total. The number of ether oxygens (including phenoxy) is 3. The molecule has 1 amide bonds. The lowest BCUT2D eigenvalue weighted by Crippen LogP contribution is -2.34. The van der Waals surface area contributed by atoms with Gasteiger partial charge in [-0.3, -0.25) is 10.1 Å². The van der Waals surface area contributed by atoms with Crippen LogP contribution in [0.25, 0.3) is 0 Å². The van der Waals surface area contributed by atoms with Gasteiger partial charge in [0.2, 0.25) is 11.5 Å². The van der Waals surface area contributed by atoms with Gasteiger partial charge < -0.3 is 23.9 Å². The average Bonchev–Trinajstić information content (AvgIpc) is 3.05. The molecule has 30 heavy (non-hydrogen) atoms. The molecule has 0 aliphatic heterocycles. The van der Waals surface area contributed by atoms with Crippen LogP contribution in [0.1, 0.15) is 55.7 Å². The highest BCUT2D eigenvalue weighted by atomic mass is 16.6. The fourth-order valence-corrected chi connectivity index (χ4v) is 2.55. The summed E-state index contributed by atoms with van der Waals surface area (Å²) in [7, 11) is 1.23. The lowest BCUT2D eigenvalue weighted by atomic mass is 10.1. The summed E-state index contributed by atoms with van der Waals surface area (Å²) < 4.78 is 20.5. The van der Waals surface area contributed by atoms with E-state index >= 15 is 0 Å². The van der Waals surface area contributed by atoms with Crippen molar-refractivity contribution >= 4 is 17.7 Å². The molecular weight excluding hydrogens is 398 g/mol. The fraction of sp³-hybridized carbons (Fsp3) is 0.421. The van der Waals surface area contributed by atoms with Crippen LogP contribution in [-0.2, 0) is 4.74 Å². The first-order valence-corrected chi connectivity index (χ1v) is 8.92. The van der Waals surface area contributed by atoms with Crippen molar-refractivity contribution in [1.82, 2.24) is 10.3 Å². The second-order valence-corrected chi connectivity index (χ2v) is 7.30. The van der Waals surface area contributed by atoms with Crippen LogP contribution in [-0.4, -0.2) is 34.7 Å². The zero-order valence-corrected chi connectivity index (χ0v) is 17.5. The van der Waals surface area contributed by atoms with Gasteiger partial charge >= 0.3 is 17.7 Å². The van der Waals surface area contributed by atoms with Gasteiger partial charge in [0, 0.05) is 12.5 Å². The number of hydrogen-bond acceptors (Lipinski definition) is 9. The van der Waals surface area contributed by atoms with Gasteiger partial charge in [0.25, 0.3) is 0 Å². The lowest BCUT2D eigenvalue weighted by molar-refractivity contribution is -0.386. The molecule has 0 radical (unpaired) electrons. The van der Waals surface area contributed by atoms with E-state index in [1.807, 2.05) is 0 Å². The topological polar surface area (TPSA) is 143 Å².